The van der Waals surface area contributed by atoms with Crippen LogP contribution in [0.4, 0.5) is 5.69 Å². The third-order valence-corrected chi connectivity index (χ3v) is 4.34. The van der Waals surface area contributed by atoms with Gasteiger partial charge in [-0.3, -0.25) is 14.6 Å². The number of amides is 2. The fourth-order valence-corrected chi connectivity index (χ4v) is 2.89. The predicted molar refractivity (Wildman–Crippen MR) is 102 cm³/mol. The van der Waals surface area contributed by atoms with E-state index in [1.807, 2.05) is 49.4 Å². The molecular formula is C19H16BrN3O2. The zero-order valence-corrected chi connectivity index (χ0v) is 15.1. The molecule has 0 aliphatic rings. The van der Waals surface area contributed by atoms with Gasteiger partial charge in [-0.05, 0) is 47.1 Å². The van der Waals surface area contributed by atoms with Crippen LogP contribution < -0.4 is 10.6 Å². The van der Waals surface area contributed by atoms with Gasteiger partial charge in [0.15, 0.2) is 0 Å². The summed E-state index contributed by atoms with van der Waals surface area (Å²) in [5.74, 6) is -0.598. The minimum atomic E-state index is -0.302. The van der Waals surface area contributed by atoms with Crippen LogP contribution in [0.5, 0.6) is 0 Å². The second-order valence-corrected chi connectivity index (χ2v) is 6.39. The molecule has 3 rings (SSSR count). The van der Waals surface area contributed by atoms with E-state index >= 15 is 0 Å². The highest BCUT2D eigenvalue weighted by Gasteiger charge is 2.13. The van der Waals surface area contributed by atoms with Crippen molar-refractivity contribution in [2.24, 2.45) is 0 Å². The fraction of sp³-hybridized carbons (Fsp3) is 0.105. The number of hydrogen-bond donors (Lipinski definition) is 2. The lowest BCUT2D eigenvalue weighted by atomic mass is 10.1. The normalized spacial score (nSPS) is 10.5. The Morgan fingerprint density at radius 1 is 1.08 bits per heavy atom. The zero-order valence-electron chi connectivity index (χ0n) is 13.5. The molecule has 0 saturated heterocycles. The lowest BCUT2D eigenvalue weighted by Crippen LogP contribution is -2.33. The molecule has 5 nitrogen and oxygen atoms in total. The molecule has 0 unspecified atom stereocenters. The molecule has 0 aliphatic carbocycles. The van der Waals surface area contributed by atoms with Crippen LogP contribution in [-0.2, 0) is 4.79 Å². The second kappa shape index (κ2) is 7.44. The molecular weight excluding hydrogens is 382 g/mol. The summed E-state index contributed by atoms with van der Waals surface area (Å²) in [4.78, 5) is 29.0. The van der Waals surface area contributed by atoms with Gasteiger partial charge in [0.1, 0.15) is 0 Å². The first-order chi connectivity index (χ1) is 12.0. The van der Waals surface area contributed by atoms with Crippen LogP contribution >= 0.6 is 15.9 Å². The van der Waals surface area contributed by atoms with Gasteiger partial charge in [0.2, 0.25) is 5.91 Å². The topological polar surface area (TPSA) is 71.1 Å². The molecule has 6 heteroatoms. The maximum Gasteiger partial charge on any atom is 0.252 e. The summed E-state index contributed by atoms with van der Waals surface area (Å²) in [5.41, 5.74) is 2.68. The highest BCUT2D eigenvalue weighted by molar-refractivity contribution is 9.10. The molecule has 2 N–H and O–H groups in total. The Bertz CT molecular complexity index is 956. The van der Waals surface area contributed by atoms with Gasteiger partial charge >= 0.3 is 0 Å². The molecule has 3 aromatic rings. The summed E-state index contributed by atoms with van der Waals surface area (Å²) in [5, 5.41) is 6.18. The number of anilines is 1. The van der Waals surface area contributed by atoms with Gasteiger partial charge in [0.05, 0.1) is 23.3 Å². The number of para-hydroxylation sites is 2. The monoisotopic (exact) mass is 397 g/mol. The highest BCUT2D eigenvalue weighted by Crippen LogP contribution is 2.21. The Balaban J connectivity index is 1.71. The number of aryl methyl sites for hydroxylation is 1. The second-order valence-electron chi connectivity index (χ2n) is 5.54. The van der Waals surface area contributed by atoms with Crippen molar-refractivity contribution < 1.29 is 9.59 Å². The first kappa shape index (κ1) is 17.1. The van der Waals surface area contributed by atoms with Crippen molar-refractivity contribution in [3.63, 3.8) is 0 Å². The number of fused-ring (bicyclic) bond motifs is 1. The number of carbonyl (C=O) groups excluding carboxylic acids is 2. The predicted octanol–water partition coefficient (Wildman–Crippen LogP) is 3.67. The van der Waals surface area contributed by atoms with Gasteiger partial charge in [0.25, 0.3) is 5.91 Å². The van der Waals surface area contributed by atoms with Crippen LogP contribution in [0, 0.1) is 6.92 Å². The molecule has 2 amide bonds. The summed E-state index contributed by atoms with van der Waals surface area (Å²) in [6, 6.07) is 16.5. The number of nitrogens with zero attached hydrogens (tertiary/aromatic N) is 1. The molecule has 1 aromatic heterocycles. The minimum absolute atomic E-state index is 0.115. The average molecular weight is 398 g/mol. The van der Waals surface area contributed by atoms with Gasteiger partial charge in [0, 0.05) is 15.6 Å². The van der Waals surface area contributed by atoms with E-state index in [-0.39, 0.29) is 18.4 Å². The quantitative estimate of drug-likeness (QED) is 0.705. The molecule has 0 radical (unpaired) electrons. The van der Waals surface area contributed by atoms with Crippen molar-refractivity contribution in [2.45, 2.75) is 6.92 Å². The van der Waals surface area contributed by atoms with Crippen molar-refractivity contribution in [3.8, 4) is 0 Å². The smallest absolute Gasteiger partial charge is 0.252 e. The Kier molecular flexibility index (Phi) is 5.09. The van der Waals surface area contributed by atoms with E-state index in [1.165, 1.54) is 0 Å². The number of nitrogens with one attached hydrogen (secondary N) is 2. The number of halogens is 1. The van der Waals surface area contributed by atoms with Crippen LogP contribution in [0.3, 0.4) is 0 Å². The third kappa shape index (κ3) is 4.03. The summed E-state index contributed by atoms with van der Waals surface area (Å²) in [7, 11) is 0. The zero-order chi connectivity index (χ0) is 17.8. The maximum absolute atomic E-state index is 12.5. The number of benzene rings is 2. The molecule has 0 atom stereocenters. The number of pyridine rings is 1. The number of hydrogen-bond acceptors (Lipinski definition) is 3. The summed E-state index contributed by atoms with van der Waals surface area (Å²) in [6.45, 7) is 1.72. The number of rotatable bonds is 4. The molecule has 25 heavy (non-hydrogen) atoms. The summed E-state index contributed by atoms with van der Waals surface area (Å²) >= 11 is 3.37. The van der Waals surface area contributed by atoms with Crippen molar-refractivity contribution in [1.29, 1.82) is 0 Å². The number of aromatic nitrogens is 1. The van der Waals surface area contributed by atoms with Crippen LogP contribution in [0.2, 0.25) is 0 Å². The standard InChI is InChI=1S/C19H16BrN3O2/c1-12-10-14(13-6-2-4-8-16(13)22-12)19(25)21-11-18(24)23-17-9-5-3-7-15(17)20/h2-10H,11H2,1H3,(H,21,25)(H,23,24). The summed E-state index contributed by atoms with van der Waals surface area (Å²) in [6.07, 6.45) is 0. The molecule has 0 aliphatic heterocycles. The number of carbonyl (C=O) groups is 2. The average Bonchev–Trinajstić information content (AvgIpc) is 2.61. The maximum atomic E-state index is 12.5. The van der Waals surface area contributed by atoms with Crippen molar-refractivity contribution in [1.82, 2.24) is 10.3 Å². The lowest BCUT2D eigenvalue weighted by Gasteiger charge is -2.10. The molecule has 0 fully saturated rings. The van der Waals surface area contributed by atoms with E-state index in [0.29, 0.717) is 11.3 Å². The van der Waals surface area contributed by atoms with Gasteiger partial charge < -0.3 is 10.6 Å². The van der Waals surface area contributed by atoms with Crippen LogP contribution in [0.1, 0.15) is 16.1 Å². The highest BCUT2D eigenvalue weighted by atomic mass is 79.9. The first-order valence-electron chi connectivity index (χ1n) is 7.73. The van der Waals surface area contributed by atoms with Crippen LogP contribution in [-0.4, -0.2) is 23.3 Å². The van der Waals surface area contributed by atoms with E-state index in [4.69, 9.17) is 0 Å². The first-order valence-corrected chi connectivity index (χ1v) is 8.53. The lowest BCUT2D eigenvalue weighted by molar-refractivity contribution is -0.115. The summed E-state index contributed by atoms with van der Waals surface area (Å²) < 4.78 is 0.783. The molecule has 0 spiro atoms. The van der Waals surface area contributed by atoms with E-state index in [0.717, 1.165) is 21.1 Å². The molecule has 0 bridgehead atoms. The van der Waals surface area contributed by atoms with Gasteiger partial charge in [-0.2, -0.15) is 0 Å². The van der Waals surface area contributed by atoms with Gasteiger partial charge in [-0.15, -0.1) is 0 Å². The molecule has 2 aromatic carbocycles. The van der Waals surface area contributed by atoms with E-state index < -0.39 is 0 Å². The molecule has 126 valence electrons. The van der Waals surface area contributed by atoms with Crippen molar-refractivity contribution in [2.75, 3.05) is 11.9 Å². The van der Waals surface area contributed by atoms with Crippen molar-refractivity contribution in [3.05, 3.63) is 70.3 Å². The molecule has 1 heterocycles. The van der Waals surface area contributed by atoms with Crippen LogP contribution in [0.15, 0.2) is 59.1 Å². The van der Waals surface area contributed by atoms with Gasteiger partial charge in [-0.1, -0.05) is 30.3 Å². The van der Waals surface area contributed by atoms with E-state index in [9.17, 15) is 9.59 Å². The van der Waals surface area contributed by atoms with Crippen molar-refractivity contribution >= 4 is 44.3 Å². The van der Waals surface area contributed by atoms with Crippen LogP contribution in [0.25, 0.3) is 10.9 Å². The molecule has 0 saturated carbocycles. The largest absolute Gasteiger partial charge is 0.343 e. The Morgan fingerprint density at radius 2 is 1.80 bits per heavy atom. The van der Waals surface area contributed by atoms with E-state index in [2.05, 4.69) is 31.5 Å². The SMILES string of the molecule is Cc1cc(C(=O)NCC(=O)Nc2ccccc2Br)c2ccccc2n1. The fourth-order valence-electron chi connectivity index (χ4n) is 2.51. The Morgan fingerprint density at radius 3 is 2.60 bits per heavy atom. The Labute approximate surface area is 153 Å². The Hall–Kier alpha value is -2.73. The minimum Gasteiger partial charge on any atom is -0.343 e. The van der Waals surface area contributed by atoms with Gasteiger partial charge in [-0.25, -0.2) is 0 Å². The third-order valence-electron chi connectivity index (χ3n) is 3.65. The van der Waals surface area contributed by atoms with E-state index in [1.54, 1.807) is 12.1 Å².